The molecule has 0 aromatic heterocycles. The first-order valence-electron chi connectivity index (χ1n) is 8.94. The van der Waals surface area contributed by atoms with Crippen molar-refractivity contribution in [1.29, 1.82) is 0 Å². The Morgan fingerprint density at radius 3 is 2.46 bits per heavy atom. The van der Waals surface area contributed by atoms with E-state index in [0.717, 1.165) is 12.1 Å². The van der Waals surface area contributed by atoms with Gasteiger partial charge in [-0.3, -0.25) is 9.59 Å². The summed E-state index contributed by atoms with van der Waals surface area (Å²) in [5, 5.41) is 2.51. The number of carbonyl (C=O) groups excluding carboxylic acids is 3. The van der Waals surface area contributed by atoms with Crippen LogP contribution in [0.1, 0.15) is 33.6 Å². The molecule has 2 rings (SSSR count). The molecule has 1 aliphatic rings. The number of benzene rings is 1. The van der Waals surface area contributed by atoms with Crippen molar-refractivity contribution in [3.8, 4) is 0 Å². The topological polar surface area (TPSA) is 84.9 Å². The highest BCUT2D eigenvalue weighted by atomic mass is 35.5. The van der Waals surface area contributed by atoms with Crippen LogP contribution >= 0.6 is 11.6 Å². The van der Waals surface area contributed by atoms with Crippen LogP contribution in [-0.2, 0) is 19.1 Å². The number of ether oxygens (including phenoxy) is 2. The lowest BCUT2D eigenvalue weighted by atomic mass is 9.97. The highest BCUT2D eigenvalue weighted by Crippen LogP contribution is 2.23. The SMILES string of the molecule is CC(C)(C)OC(=O)N1CCC(C(=O)OCC(=O)Nc2ccc(F)cc2Cl)CC1. The first-order chi connectivity index (χ1) is 13.0. The Bertz CT molecular complexity index is 742. The quantitative estimate of drug-likeness (QED) is 0.761. The fraction of sp³-hybridized carbons (Fsp3) is 0.526. The summed E-state index contributed by atoms with van der Waals surface area (Å²) in [7, 11) is 0. The molecule has 0 unspecified atom stereocenters. The second-order valence-electron chi connectivity index (χ2n) is 7.52. The zero-order valence-electron chi connectivity index (χ0n) is 16.1. The molecular weight excluding hydrogens is 391 g/mol. The first kappa shape index (κ1) is 21.9. The van der Waals surface area contributed by atoms with Crippen molar-refractivity contribution in [2.45, 2.75) is 39.2 Å². The summed E-state index contributed by atoms with van der Waals surface area (Å²) in [5.74, 6) is -1.98. The van der Waals surface area contributed by atoms with Crippen molar-refractivity contribution >= 4 is 35.3 Å². The molecule has 1 N–H and O–H groups in total. The normalized spacial score (nSPS) is 15.1. The van der Waals surface area contributed by atoms with Crippen molar-refractivity contribution in [3.05, 3.63) is 29.0 Å². The number of halogens is 2. The number of hydrogen-bond donors (Lipinski definition) is 1. The minimum absolute atomic E-state index is 0.0502. The van der Waals surface area contributed by atoms with Gasteiger partial charge in [0.25, 0.3) is 5.91 Å². The van der Waals surface area contributed by atoms with E-state index in [4.69, 9.17) is 21.1 Å². The number of rotatable bonds is 4. The van der Waals surface area contributed by atoms with E-state index in [1.807, 2.05) is 0 Å². The van der Waals surface area contributed by atoms with Crippen molar-refractivity contribution in [3.63, 3.8) is 0 Å². The third-order valence-corrected chi connectivity index (χ3v) is 4.34. The summed E-state index contributed by atoms with van der Waals surface area (Å²) < 4.78 is 23.4. The number of amides is 2. The summed E-state index contributed by atoms with van der Waals surface area (Å²) >= 11 is 5.83. The second-order valence-corrected chi connectivity index (χ2v) is 7.93. The molecule has 0 radical (unpaired) electrons. The van der Waals surface area contributed by atoms with E-state index in [1.165, 1.54) is 6.07 Å². The van der Waals surface area contributed by atoms with Gasteiger partial charge in [-0.1, -0.05) is 11.6 Å². The zero-order valence-corrected chi connectivity index (χ0v) is 16.8. The number of piperidine rings is 1. The fourth-order valence-electron chi connectivity index (χ4n) is 2.66. The molecule has 1 fully saturated rings. The van der Waals surface area contributed by atoms with E-state index >= 15 is 0 Å². The van der Waals surface area contributed by atoms with Gasteiger partial charge in [-0.05, 0) is 51.8 Å². The van der Waals surface area contributed by atoms with E-state index in [9.17, 15) is 18.8 Å². The van der Waals surface area contributed by atoms with Crippen LogP contribution < -0.4 is 5.32 Å². The lowest BCUT2D eigenvalue weighted by Gasteiger charge is -2.32. The van der Waals surface area contributed by atoms with Gasteiger partial charge in [0.2, 0.25) is 0 Å². The summed E-state index contributed by atoms with van der Waals surface area (Å²) in [6.07, 6.45) is 0.461. The maximum atomic E-state index is 13.0. The number of esters is 1. The van der Waals surface area contributed by atoms with Crippen molar-refractivity contribution in [1.82, 2.24) is 4.90 Å². The van der Waals surface area contributed by atoms with Gasteiger partial charge in [0.05, 0.1) is 16.6 Å². The van der Waals surface area contributed by atoms with Crippen LogP contribution in [-0.4, -0.2) is 48.2 Å². The summed E-state index contributed by atoms with van der Waals surface area (Å²) in [4.78, 5) is 37.6. The minimum atomic E-state index is -0.576. The van der Waals surface area contributed by atoms with E-state index in [-0.39, 0.29) is 16.6 Å². The van der Waals surface area contributed by atoms with Gasteiger partial charge in [0, 0.05) is 13.1 Å². The molecule has 2 amide bonds. The second kappa shape index (κ2) is 9.23. The van der Waals surface area contributed by atoms with Gasteiger partial charge in [0.15, 0.2) is 6.61 Å². The molecule has 1 saturated heterocycles. The van der Waals surface area contributed by atoms with E-state index in [2.05, 4.69) is 5.32 Å². The molecule has 1 heterocycles. The highest BCUT2D eigenvalue weighted by molar-refractivity contribution is 6.33. The fourth-order valence-corrected chi connectivity index (χ4v) is 2.87. The molecule has 1 aliphatic heterocycles. The number of nitrogens with zero attached hydrogens (tertiary/aromatic N) is 1. The average molecular weight is 415 g/mol. The van der Waals surface area contributed by atoms with Crippen LogP contribution in [0.2, 0.25) is 5.02 Å². The van der Waals surface area contributed by atoms with Crippen molar-refractivity contribution < 1.29 is 28.2 Å². The third-order valence-electron chi connectivity index (χ3n) is 4.03. The smallest absolute Gasteiger partial charge is 0.410 e. The first-order valence-corrected chi connectivity index (χ1v) is 9.32. The Morgan fingerprint density at radius 2 is 1.89 bits per heavy atom. The van der Waals surface area contributed by atoms with E-state index in [1.54, 1.807) is 25.7 Å². The highest BCUT2D eigenvalue weighted by Gasteiger charge is 2.31. The maximum absolute atomic E-state index is 13.0. The van der Waals surface area contributed by atoms with E-state index in [0.29, 0.717) is 25.9 Å². The Hall–Kier alpha value is -2.35. The van der Waals surface area contributed by atoms with Crippen LogP contribution in [0, 0.1) is 11.7 Å². The van der Waals surface area contributed by atoms with Crippen LogP contribution in [0.5, 0.6) is 0 Å². The monoisotopic (exact) mass is 414 g/mol. The zero-order chi connectivity index (χ0) is 20.9. The Balaban J connectivity index is 1.75. The molecule has 0 saturated carbocycles. The molecule has 7 nitrogen and oxygen atoms in total. The molecule has 0 atom stereocenters. The summed E-state index contributed by atoms with van der Waals surface area (Å²) in [6.45, 7) is 5.66. The van der Waals surface area contributed by atoms with Gasteiger partial charge in [-0.15, -0.1) is 0 Å². The summed E-state index contributed by atoms with van der Waals surface area (Å²) in [5.41, 5.74) is -0.344. The third kappa shape index (κ3) is 6.67. The lowest BCUT2D eigenvalue weighted by molar-refractivity contribution is -0.153. The number of carbonyl (C=O) groups is 3. The predicted octanol–water partition coefficient (Wildman–Crippen LogP) is 3.61. The number of likely N-dealkylation sites (tertiary alicyclic amines) is 1. The maximum Gasteiger partial charge on any atom is 0.410 e. The lowest BCUT2D eigenvalue weighted by Crippen LogP contribution is -2.43. The van der Waals surface area contributed by atoms with Gasteiger partial charge in [-0.25, -0.2) is 9.18 Å². The van der Waals surface area contributed by atoms with Gasteiger partial charge in [-0.2, -0.15) is 0 Å². The number of hydrogen-bond acceptors (Lipinski definition) is 5. The van der Waals surface area contributed by atoms with Crippen molar-refractivity contribution in [2.24, 2.45) is 5.92 Å². The van der Waals surface area contributed by atoms with Crippen molar-refractivity contribution in [2.75, 3.05) is 25.0 Å². The molecule has 154 valence electrons. The van der Waals surface area contributed by atoms with Gasteiger partial charge >= 0.3 is 12.1 Å². The average Bonchev–Trinajstić information content (AvgIpc) is 2.61. The predicted molar refractivity (Wildman–Crippen MR) is 102 cm³/mol. The number of nitrogens with one attached hydrogen (secondary N) is 1. The van der Waals surface area contributed by atoms with Crippen LogP contribution in [0.4, 0.5) is 14.9 Å². The molecule has 28 heavy (non-hydrogen) atoms. The Morgan fingerprint density at radius 1 is 1.25 bits per heavy atom. The molecule has 1 aromatic carbocycles. The Kier molecular flexibility index (Phi) is 7.23. The standard InChI is InChI=1S/C19H24ClFN2O5/c1-19(2,3)28-18(26)23-8-6-12(7-9-23)17(25)27-11-16(24)22-15-5-4-13(21)10-14(15)20/h4-5,10,12H,6-9,11H2,1-3H3,(H,22,24). The molecule has 1 aromatic rings. The van der Waals surface area contributed by atoms with Crippen LogP contribution in [0.15, 0.2) is 18.2 Å². The molecule has 0 bridgehead atoms. The molecule has 9 heteroatoms. The number of anilines is 1. The van der Waals surface area contributed by atoms with Gasteiger partial charge < -0.3 is 19.7 Å². The molecular formula is C19H24ClFN2O5. The largest absolute Gasteiger partial charge is 0.455 e. The van der Waals surface area contributed by atoms with Gasteiger partial charge in [0.1, 0.15) is 11.4 Å². The van der Waals surface area contributed by atoms with Crippen LogP contribution in [0.3, 0.4) is 0 Å². The van der Waals surface area contributed by atoms with Crippen LogP contribution in [0.25, 0.3) is 0 Å². The summed E-state index contributed by atoms with van der Waals surface area (Å²) in [6, 6.07) is 3.55. The Labute approximate surface area is 168 Å². The minimum Gasteiger partial charge on any atom is -0.455 e. The van der Waals surface area contributed by atoms with E-state index < -0.39 is 36.0 Å². The molecule has 0 aliphatic carbocycles. The molecule has 0 spiro atoms.